The maximum absolute atomic E-state index is 12.8. The summed E-state index contributed by atoms with van der Waals surface area (Å²) < 4.78 is 38.5. The quantitative estimate of drug-likeness (QED) is 0.621. The third kappa shape index (κ3) is 5.28. The molecule has 0 spiro atoms. The van der Waals surface area contributed by atoms with Gasteiger partial charge in [0.2, 0.25) is 5.95 Å². The molecule has 2 N–H and O–H groups in total. The van der Waals surface area contributed by atoms with Gasteiger partial charge in [0, 0.05) is 24.6 Å². The minimum absolute atomic E-state index is 0.143. The van der Waals surface area contributed by atoms with Gasteiger partial charge in [0.25, 0.3) is 0 Å². The van der Waals surface area contributed by atoms with Crippen LogP contribution in [0.4, 0.5) is 24.8 Å². The minimum Gasteiger partial charge on any atom is -0.382 e. The molecule has 3 rings (SSSR count). The van der Waals surface area contributed by atoms with Crippen molar-refractivity contribution in [1.29, 1.82) is 0 Å². The minimum atomic E-state index is -4.54. The second-order valence-electron chi connectivity index (χ2n) is 7.01. The second-order valence-corrected chi connectivity index (χ2v) is 8.04. The number of anilines is 2. The molecule has 0 aliphatic heterocycles. The molecule has 0 aliphatic carbocycles. The van der Waals surface area contributed by atoms with Gasteiger partial charge in [0.05, 0.1) is 4.88 Å². The largest absolute Gasteiger partial charge is 0.433 e. The van der Waals surface area contributed by atoms with Gasteiger partial charge < -0.3 is 15.3 Å². The highest BCUT2D eigenvalue weighted by Crippen LogP contribution is 2.34. The van der Waals surface area contributed by atoms with E-state index in [1.165, 1.54) is 11.3 Å². The molecule has 0 fully saturated rings. The summed E-state index contributed by atoms with van der Waals surface area (Å²) in [5.41, 5.74) is -0.752. The van der Waals surface area contributed by atoms with E-state index in [1.807, 2.05) is 25.1 Å². The van der Waals surface area contributed by atoms with Crippen molar-refractivity contribution in [1.82, 2.24) is 19.9 Å². The van der Waals surface area contributed by atoms with Crippen molar-refractivity contribution in [3.63, 3.8) is 0 Å². The van der Waals surface area contributed by atoms with Gasteiger partial charge in [0.1, 0.15) is 16.3 Å². The smallest absolute Gasteiger partial charge is 0.382 e. The first-order valence-corrected chi connectivity index (χ1v) is 9.47. The highest BCUT2D eigenvalue weighted by molar-refractivity contribution is 7.15. The van der Waals surface area contributed by atoms with Gasteiger partial charge in [-0.1, -0.05) is 12.1 Å². The summed E-state index contributed by atoms with van der Waals surface area (Å²) in [4.78, 5) is 14.4. The molecule has 2 heterocycles. The molecule has 0 saturated heterocycles. The summed E-state index contributed by atoms with van der Waals surface area (Å²) in [5.74, 6) is -0.143. The summed E-state index contributed by atoms with van der Waals surface area (Å²) in [6.45, 7) is 2.13. The van der Waals surface area contributed by atoms with Crippen LogP contribution in [0.5, 0.6) is 0 Å². The van der Waals surface area contributed by atoms with E-state index in [4.69, 9.17) is 0 Å². The summed E-state index contributed by atoms with van der Waals surface area (Å²) in [6, 6.07) is 7.91. The Labute approximate surface area is 170 Å². The fourth-order valence-electron chi connectivity index (χ4n) is 2.80. The van der Waals surface area contributed by atoms with Crippen molar-refractivity contribution in [2.75, 3.05) is 26.0 Å². The zero-order chi connectivity index (χ0) is 21.2. The summed E-state index contributed by atoms with van der Waals surface area (Å²) in [5, 5.41) is 14.0. The van der Waals surface area contributed by atoms with Crippen LogP contribution in [-0.4, -0.2) is 45.6 Å². The zero-order valence-corrected chi connectivity index (χ0v) is 16.8. The Bertz CT molecular complexity index is 988. The summed E-state index contributed by atoms with van der Waals surface area (Å²) >= 11 is 1.36. The van der Waals surface area contributed by atoms with Crippen molar-refractivity contribution in [2.45, 2.75) is 18.7 Å². The number of thiazole rings is 1. The standard InChI is InChI=1S/C19H20F3N5OS/c1-18(28,11-27(2)3)16-24-10-14(29-16)12-5-4-6-13(9-12)25-17-23-8-7-15(26-17)19(20,21)22/h4-10,28H,11H2,1-3H3,(H,23,25,26). The van der Waals surface area contributed by atoms with Crippen molar-refractivity contribution in [3.05, 3.63) is 53.4 Å². The third-order valence-corrected chi connectivity index (χ3v) is 5.24. The number of alkyl halides is 3. The van der Waals surface area contributed by atoms with Crippen LogP contribution >= 0.6 is 11.3 Å². The highest BCUT2D eigenvalue weighted by atomic mass is 32.1. The molecule has 0 amide bonds. The Balaban J connectivity index is 1.82. The number of aromatic nitrogens is 3. The van der Waals surface area contributed by atoms with Gasteiger partial charge in [-0.15, -0.1) is 11.3 Å². The number of halogens is 3. The number of nitrogens with zero attached hydrogens (tertiary/aromatic N) is 4. The fraction of sp³-hybridized carbons (Fsp3) is 0.316. The van der Waals surface area contributed by atoms with Gasteiger partial charge >= 0.3 is 6.18 Å². The number of benzene rings is 1. The van der Waals surface area contributed by atoms with Gasteiger partial charge in [-0.2, -0.15) is 13.2 Å². The Morgan fingerprint density at radius 3 is 2.62 bits per heavy atom. The molecule has 0 aliphatic rings. The first-order chi connectivity index (χ1) is 13.5. The maximum Gasteiger partial charge on any atom is 0.433 e. The van der Waals surface area contributed by atoms with E-state index in [0.29, 0.717) is 17.2 Å². The topological polar surface area (TPSA) is 74.2 Å². The van der Waals surface area contributed by atoms with Gasteiger partial charge in [0.15, 0.2) is 0 Å². The lowest BCUT2D eigenvalue weighted by atomic mass is 10.1. The molecule has 154 valence electrons. The first kappa shape index (κ1) is 21.2. The maximum atomic E-state index is 12.8. The Morgan fingerprint density at radius 1 is 1.17 bits per heavy atom. The predicted molar refractivity (Wildman–Crippen MR) is 106 cm³/mol. The lowest BCUT2D eigenvalue weighted by Crippen LogP contribution is -2.34. The SMILES string of the molecule is CN(C)CC(C)(O)c1ncc(-c2cccc(Nc3nccc(C(F)(F)F)n3)c2)s1. The molecule has 6 nitrogen and oxygen atoms in total. The van der Waals surface area contributed by atoms with Crippen molar-refractivity contribution in [2.24, 2.45) is 0 Å². The monoisotopic (exact) mass is 423 g/mol. The van der Waals surface area contributed by atoms with E-state index in [2.05, 4.69) is 20.3 Å². The van der Waals surface area contributed by atoms with Crippen LogP contribution in [0.25, 0.3) is 10.4 Å². The van der Waals surface area contributed by atoms with Gasteiger partial charge in [-0.3, -0.25) is 0 Å². The van der Waals surface area contributed by atoms with E-state index in [0.717, 1.165) is 22.7 Å². The molecule has 2 aromatic heterocycles. The van der Waals surface area contributed by atoms with Crippen LogP contribution in [0.3, 0.4) is 0 Å². The number of aliphatic hydroxyl groups is 1. The molecule has 0 radical (unpaired) electrons. The molecule has 1 aromatic carbocycles. The normalized spacial score (nSPS) is 14.1. The zero-order valence-electron chi connectivity index (χ0n) is 16.0. The molecule has 3 aromatic rings. The molecular weight excluding hydrogens is 403 g/mol. The molecule has 1 atom stereocenters. The average molecular weight is 423 g/mol. The van der Waals surface area contributed by atoms with Gasteiger partial charge in [-0.05, 0) is 44.8 Å². The number of hydrogen-bond donors (Lipinski definition) is 2. The number of hydrogen-bond acceptors (Lipinski definition) is 7. The second kappa shape index (κ2) is 8.05. The third-order valence-electron chi connectivity index (χ3n) is 3.94. The number of nitrogens with one attached hydrogen (secondary N) is 1. The molecule has 0 bridgehead atoms. The lowest BCUT2D eigenvalue weighted by Gasteiger charge is -2.24. The first-order valence-electron chi connectivity index (χ1n) is 8.66. The van der Waals surface area contributed by atoms with E-state index in [-0.39, 0.29) is 5.95 Å². The van der Waals surface area contributed by atoms with Crippen LogP contribution in [-0.2, 0) is 11.8 Å². The van der Waals surface area contributed by atoms with Crippen molar-refractivity contribution in [3.8, 4) is 10.4 Å². The van der Waals surface area contributed by atoms with E-state index in [9.17, 15) is 18.3 Å². The summed E-state index contributed by atoms with van der Waals surface area (Å²) in [7, 11) is 3.74. The van der Waals surface area contributed by atoms with Crippen molar-refractivity contribution < 1.29 is 18.3 Å². The molecule has 10 heteroatoms. The average Bonchev–Trinajstić information content (AvgIpc) is 3.12. The number of rotatable bonds is 6. The summed E-state index contributed by atoms with van der Waals surface area (Å²) in [6.07, 6.45) is -1.81. The van der Waals surface area contributed by atoms with Crippen molar-refractivity contribution >= 4 is 23.0 Å². The number of likely N-dealkylation sites (N-methyl/N-ethyl adjacent to an activating group) is 1. The van der Waals surface area contributed by atoms with Crippen LogP contribution in [0.15, 0.2) is 42.7 Å². The molecule has 1 unspecified atom stereocenters. The van der Waals surface area contributed by atoms with Crippen LogP contribution < -0.4 is 5.32 Å². The van der Waals surface area contributed by atoms with Gasteiger partial charge in [-0.25, -0.2) is 15.0 Å². The van der Waals surface area contributed by atoms with E-state index in [1.54, 1.807) is 31.3 Å². The fourth-order valence-corrected chi connectivity index (χ4v) is 3.74. The van der Waals surface area contributed by atoms with Crippen LogP contribution in [0.1, 0.15) is 17.6 Å². The van der Waals surface area contributed by atoms with Crippen LogP contribution in [0.2, 0.25) is 0 Å². The molecule has 0 saturated carbocycles. The predicted octanol–water partition coefficient (Wildman–Crippen LogP) is 4.13. The molecular formula is C19H20F3N5OS. The Kier molecular flexibility index (Phi) is 5.87. The molecule has 29 heavy (non-hydrogen) atoms. The van der Waals surface area contributed by atoms with E-state index >= 15 is 0 Å². The Morgan fingerprint density at radius 2 is 1.93 bits per heavy atom. The van der Waals surface area contributed by atoms with Crippen LogP contribution in [0, 0.1) is 0 Å². The highest BCUT2D eigenvalue weighted by Gasteiger charge is 2.32. The van der Waals surface area contributed by atoms with E-state index < -0.39 is 17.5 Å². The Hall–Kier alpha value is -2.56. The lowest BCUT2D eigenvalue weighted by molar-refractivity contribution is -0.141.